The molecule has 2 rings (SSSR count). The second-order valence-electron chi connectivity index (χ2n) is 4.29. The molecule has 1 aromatic carbocycles. The number of hydrogen-bond acceptors (Lipinski definition) is 4. The van der Waals surface area contributed by atoms with Crippen molar-refractivity contribution >= 4 is 28.6 Å². The van der Waals surface area contributed by atoms with Crippen LogP contribution >= 0.6 is 0 Å². The molecule has 2 aromatic rings. The molecule has 0 saturated carbocycles. The van der Waals surface area contributed by atoms with Gasteiger partial charge in [0.25, 0.3) is 0 Å². The number of fused-ring (bicyclic) bond motifs is 1. The quantitative estimate of drug-likeness (QED) is 0.718. The minimum Gasteiger partial charge on any atom is -0.478 e. The lowest BCUT2D eigenvalue weighted by molar-refractivity contribution is -0.118. The zero-order chi connectivity index (χ0) is 14.5. The van der Waals surface area contributed by atoms with Gasteiger partial charge in [-0.3, -0.25) is 4.79 Å². The maximum absolute atomic E-state index is 11.3. The van der Waals surface area contributed by atoms with Crippen LogP contribution in [0.25, 0.3) is 10.9 Å². The number of rotatable bonds is 5. The van der Waals surface area contributed by atoms with Crippen LogP contribution in [0.5, 0.6) is 0 Å². The Morgan fingerprint density at radius 3 is 2.70 bits per heavy atom. The highest BCUT2D eigenvalue weighted by Crippen LogP contribution is 2.20. The molecule has 0 spiro atoms. The molecular weight excluding hydrogens is 258 g/mol. The number of hydrogen-bond donors (Lipinski definition) is 3. The van der Waals surface area contributed by atoms with Crippen molar-refractivity contribution in [2.75, 3.05) is 18.4 Å². The molecule has 0 aliphatic heterocycles. The third-order valence-electron chi connectivity index (χ3n) is 2.75. The van der Waals surface area contributed by atoms with E-state index in [0.29, 0.717) is 29.8 Å². The van der Waals surface area contributed by atoms with Crippen LogP contribution in [-0.4, -0.2) is 35.1 Å². The second-order valence-corrected chi connectivity index (χ2v) is 4.29. The number of aromatic nitrogens is 1. The number of carboxylic acid groups (broad SMARTS) is 1. The summed E-state index contributed by atoms with van der Waals surface area (Å²) >= 11 is 0. The molecule has 0 aliphatic rings. The highest BCUT2D eigenvalue weighted by Gasteiger charge is 2.11. The van der Waals surface area contributed by atoms with Gasteiger partial charge in [0.05, 0.1) is 11.1 Å². The molecule has 0 atom stereocenters. The first-order chi connectivity index (χ1) is 9.58. The number of carbonyl (C=O) groups excluding carboxylic acids is 1. The van der Waals surface area contributed by atoms with Crippen LogP contribution < -0.4 is 10.6 Å². The third-order valence-corrected chi connectivity index (χ3v) is 2.75. The molecule has 6 nitrogen and oxygen atoms in total. The number of para-hydroxylation sites is 1. The summed E-state index contributed by atoms with van der Waals surface area (Å²) in [5.41, 5.74) is 0.826. The molecule has 0 unspecified atom stereocenters. The van der Waals surface area contributed by atoms with E-state index in [0.717, 1.165) is 0 Å². The Labute approximate surface area is 115 Å². The summed E-state index contributed by atoms with van der Waals surface area (Å²) in [7, 11) is 0. The first kappa shape index (κ1) is 13.8. The molecule has 0 radical (unpaired) electrons. The number of carboxylic acids is 1. The fourth-order valence-electron chi connectivity index (χ4n) is 1.87. The maximum atomic E-state index is 11.3. The largest absolute Gasteiger partial charge is 0.478 e. The van der Waals surface area contributed by atoms with Crippen molar-refractivity contribution in [1.82, 2.24) is 10.3 Å². The molecule has 0 fully saturated rings. The lowest BCUT2D eigenvalue weighted by atomic mass is 10.1. The normalized spacial score (nSPS) is 10.2. The monoisotopic (exact) mass is 273 g/mol. The number of nitrogens with zero attached hydrogens (tertiary/aromatic N) is 1. The van der Waals surface area contributed by atoms with E-state index in [9.17, 15) is 14.7 Å². The first-order valence-corrected chi connectivity index (χ1v) is 6.19. The summed E-state index contributed by atoms with van der Waals surface area (Å²) in [5.74, 6) is -0.621. The molecule has 20 heavy (non-hydrogen) atoms. The summed E-state index contributed by atoms with van der Waals surface area (Å²) in [5, 5.41) is 15.5. The van der Waals surface area contributed by atoms with Crippen LogP contribution in [0.15, 0.2) is 30.3 Å². The third kappa shape index (κ3) is 3.23. The maximum Gasteiger partial charge on any atom is 0.336 e. The van der Waals surface area contributed by atoms with E-state index in [1.807, 2.05) is 6.07 Å². The number of anilines is 1. The fourth-order valence-corrected chi connectivity index (χ4v) is 1.87. The fraction of sp³-hybridized carbons (Fsp3) is 0.214. The lowest BCUT2D eigenvalue weighted by Gasteiger charge is -2.09. The van der Waals surface area contributed by atoms with Gasteiger partial charge in [-0.15, -0.1) is 0 Å². The van der Waals surface area contributed by atoms with Gasteiger partial charge in [0.1, 0.15) is 5.82 Å². The van der Waals surface area contributed by atoms with Gasteiger partial charge >= 0.3 is 5.97 Å². The standard InChI is InChI=1S/C14H15N3O3/c1-9(18)15-6-7-16-13-8-11(14(19)20)10-4-2-3-5-12(10)17-13/h2-5,8H,6-7H2,1H3,(H,15,18)(H,16,17)(H,19,20). The van der Waals surface area contributed by atoms with Crippen molar-refractivity contribution in [3.63, 3.8) is 0 Å². The number of aromatic carboxylic acids is 1. The second kappa shape index (κ2) is 6.01. The summed E-state index contributed by atoms with van der Waals surface area (Å²) in [4.78, 5) is 26.4. The average molecular weight is 273 g/mol. The summed E-state index contributed by atoms with van der Waals surface area (Å²) in [6.45, 7) is 2.37. The molecule has 3 N–H and O–H groups in total. The minimum atomic E-state index is -0.992. The van der Waals surface area contributed by atoms with Gasteiger partial charge in [-0.25, -0.2) is 9.78 Å². The van der Waals surface area contributed by atoms with E-state index >= 15 is 0 Å². The topological polar surface area (TPSA) is 91.3 Å². The Hall–Kier alpha value is -2.63. The summed E-state index contributed by atoms with van der Waals surface area (Å²) in [6.07, 6.45) is 0. The van der Waals surface area contributed by atoms with Crippen LogP contribution in [0.2, 0.25) is 0 Å². The molecule has 0 aliphatic carbocycles. The van der Waals surface area contributed by atoms with E-state index in [2.05, 4.69) is 15.6 Å². The first-order valence-electron chi connectivity index (χ1n) is 6.19. The van der Waals surface area contributed by atoms with E-state index in [4.69, 9.17) is 0 Å². The van der Waals surface area contributed by atoms with Gasteiger partial charge in [-0.1, -0.05) is 18.2 Å². The highest BCUT2D eigenvalue weighted by atomic mass is 16.4. The van der Waals surface area contributed by atoms with E-state index in [1.54, 1.807) is 18.2 Å². The SMILES string of the molecule is CC(=O)NCCNc1cc(C(=O)O)c2ccccc2n1. The van der Waals surface area contributed by atoms with Gasteiger partial charge in [0.15, 0.2) is 0 Å². The van der Waals surface area contributed by atoms with E-state index in [-0.39, 0.29) is 11.5 Å². The van der Waals surface area contributed by atoms with E-state index < -0.39 is 5.97 Å². The number of carbonyl (C=O) groups is 2. The molecule has 1 heterocycles. The Morgan fingerprint density at radius 2 is 2.00 bits per heavy atom. The Bertz CT molecular complexity index is 655. The predicted molar refractivity (Wildman–Crippen MR) is 75.9 cm³/mol. The average Bonchev–Trinajstić information content (AvgIpc) is 2.42. The smallest absolute Gasteiger partial charge is 0.336 e. The molecule has 1 aromatic heterocycles. The zero-order valence-corrected chi connectivity index (χ0v) is 11.0. The Kier molecular flexibility index (Phi) is 4.14. The Morgan fingerprint density at radius 1 is 1.25 bits per heavy atom. The predicted octanol–water partition coefficient (Wildman–Crippen LogP) is 1.48. The van der Waals surface area contributed by atoms with Crippen LogP contribution in [0.4, 0.5) is 5.82 Å². The number of amides is 1. The van der Waals surface area contributed by atoms with Crippen LogP contribution in [-0.2, 0) is 4.79 Å². The van der Waals surface area contributed by atoms with Crippen molar-refractivity contribution in [1.29, 1.82) is 0 Å². The highest BCUT2D eigenvalue weighted by molar-refractivity contribution is 6.03. The zero-order valence-electron chi connectivity index (χ0n) is 11.0. The van der Waals surface area contributed by atoms with Crippen LogP contribution in [0.3, 0.4) is 0 Å². The molecule has 6 heteroatoms. The van der Waals surface area contributed by atoms with Gasteiger partial charge in [0, 0.05) is 25.4 Å². The van der Waals surface area contributed by atoms with Crippen molar-refractivity contribution in [2.24, 2.45) is 0 Å². The molecule has 1 amide bonds. The minimum absolute atomic E-state index is 0.107. The van der Waals surface area contributed by atoms with E-state index in [1.165, 1.54) is 13.0 Å². The van der Waals surface area contributed by atoms with Crippen molar-refractivity contribution < 1.29 is 14.7 Å². The van der Waals surface area contributed by atoms with Gasteiger partial charge in [0.2, 0.25) is 5.91 Å². The van der Waals surface area contributed by atoms with Crippen molar-refractivity contribution in [3.05, 3.63) is 35.9 Å². The van der Waals surface area contributed by atoms with Crippen molar-refractivity contribution in [3.8, 4) is 0 Å². The van der Waals surface area contributed by atoms with Crippen LogP contribution in [0.1, 0.15) is 17.3 Å². The van der Waals surface area contributed by atoms with Crippen LogP contribution in [0, 0.1) is 0 Å². The summed E-state index contributed by atoms with van der Waals surface area (Å²) in [6, 6.07) is 8.58. The molecule has 0 bridgehead atoms. The summed E-state index contributed by atoms with van der Waals surface area (Å²) < 4.78 is 0. The number of benzene rings is 1. The molecule has 0 saturated heterocycles. The van der Waals surface area contributed by atoms with Gasteiger partial charge in [-0.2, -0.15) is 0 Å². The Balaban J connectivity index is 2.22. The molecule has 104 valence electrons. The van der Waals surface area contributed by atoms with Gasteiger partial charge in [-0.05, 0) is 12.1 Å². The lowest BCUT2D eigenvalue weighted by Crippen LogP contribution is -2.26. The number of nitrogens with one attached hydrogen (secondary N) is 2. The number of pyridine rings is 1. The van der Waals surface area contributed by atoms with Gasteiger partial charge < -0.3 is 15.7 Å². The van der Waals surface area contributed by atoms with Crippen molar-refractivity contribution in [2.45, 2.75) is 6.92 Å². The molecular formula is C14H15N3O3.